The van der Waals surface area contributed by atoms with Crippen LogP contribution < -0.4 is 0 Å². The summed E-state index contributed by atoms with van der Waals surface area (Å²) in [4.78, 5) is 14.1. The van der Waals surface area contributed by atoms with Crippen LogP contribution in [0.15, 0.2) is 22.7 Å². The Morgan fingerprint density at radius 2 is 2.29 bits per heavy atom. The van der Waals surface area contributed by atoms with Crippen molar-refractivity contribution in [1.82, 2.24) is 4.90 Å². The second kappa shape index (κ2) is 5.19. The molecule has 0 spiro atoms. The van der Waals surface area contributed by atoms with Gasteiger partial charge < -0.3 is 10.0 Å². The lowest BCUT2D eigenvalue weighted by Crippen LogP contribution is -2.42. The Morgan fingerprint density at radius 3 is 3.00 bits per heavy atom. The molecule has 0 bridgehead atoms. The minimum Gasteiger partial charge on any atom is -0.391 e. The SMILES string of the molecule is Cc1ccc(Br)cc1C(=O)N1CCCC(O)C1. The number of amides is 1. The second-order valence-corrected chi connectivity index (χ2v) is 5.42. The lowest BCUT2D eigenvalue weighted by Gasteiger charge is -2.30. The van der Waals surface area contributed by atoms with E-state index in [1.807, 2.05) is 25.1 Å². The number of carbonyl (C=O) groups excluding carboxylic acids is 1. The second-order valence-electron chi connectivity index (χ2n) is 4.51. The highest BCUT2D eigenvalue weighted by molar-refractivity contribution is 9.10. The fourth-order valence-corrected chi connectivity index (χ4v) is 2.50. The smallest absolute Gasteiger partial charge is 0.254 e. The standard InChI is InChI=1S/C13H16BrNO2/c1-9-4-5-10(14)7-12(9)13(17)15-6-2-3-11(16)8-15/h4-5,7,11,16H,2-3,6,8H2,1H3. The van der Waals surface area contributed by atoms with E-state index in [0.717, 1.165) is 29.4 Å². The normalized spacial score (nSPS) is 20.4. The molecule has 1 aliphatic heterocycles. The average Bonchev–Trinajstić information content (AvgIpc) is 2.31. The summed E-state index contributed by atoms with van der Waals surface area (Å²) in [6.07, 6.45) is 1.29. The van der Waals surface area contributed by atoms with Gasteiger partial charge in [-0.3, -0.25) is 4.79 Å². The Balaban J connectivity index is 2.21. The van der Waals surface area contributed by atoms with Crippen LogP contribution >= 0.6 is 15.9 Å². The van der Waals surface area contributed by atoms with Crippen LogP contribution in [-0.4, -0.2) is 35.1 Å². The van der Waals surface area contributed by atoms with Crippen molar-refractivity contribution >= 4 is 21.8 Å². The number of aryl methyl sites for hydroxylation is 1. The minimum atomic E-state index is -0.375. The molecule has 2 rings (SSSR count). The third kappa shape index (κ3) is 2.87. The average molecular weight is 298 g/mol. The van der Waals surface area contributed by atoms with Crippen LogP contribution in [0.5, 0.6) is 0 Å². The molecule has 1 amide bonds. The molecule has 0 aliphatic carbocycles. The predicted octanol–water partition coefficient (Wildman–Crippen LogP) is 2.35. The zero-order chi connectivity index (χ0) is 12.4. The highest BCUT2D eigenvalue weighted by Gasteiger charge is 2.23. The van der Waals surface area contributed by atoms with E-state index in [0.29, 0.717) is 12.1 Å². The number of hydrogen-bond donors (Lipinski definition) is 1. The third-order valence-corrected chi connectivity index (χ3v) is 3.61. The van der Waals surface area contributed by atoms with Crippen LogP contribution in [0, 0.1) is 6.92 Å². The maximum atomic E-state index is 12.3. The molecule has 1 unspecified atom stereocenters. The number of nitrogens with zero attached hydrogens (tertiary/aromatic N) is 1. The van der Waals surface area contributed by atoms with Gasteiger partial charge in [0.2, 0.25) is 0 Å². The zero-order valence-electron chi connectivity index (χ0n) is 9.82. The highest BCUT2D eigenvalue weighted by Crippen LogP contribution is 2.20. The van der Waals surface area contributed by atoms with E-state index in [1.165, 1.54) is 0 Å². The topological polar surface area (TPSA) is 40.5 Å². The van der Waals surface area contributed by atoms with Gasteiger partial charge in [0.15, 0.2) is 0 Å². The summed E-state index contributed by atoms with van der Waals surface area (Å²) in [5, 5.41) is 9.60. The Bertz CT molecular complexity index is 433. The lowest BCUT2D eigenvalue weighted by atomic mass is 10.0. The number of benzene rings is 1. The molecule has 1 saturated heterocycles. The molecule has 17 heavy (non-hydrogen) atoms. The van der Waals surface area contributed by atoms with Crippen molar-refractivity contribution in [3.05, 3.63) is 33.8 Å². The molecule has 3 nitrogen and oxygen atoms in total. The number of carbonyl (C=O) groups is 1. The van der Waals surface area contributed by atoms with Gasteiger partial charge in [-0.2, -0.15) is 0 Å². The van der Waals surface area contributed by atoms with Crippen molar-refractivity contribution in [2.75, 3.05) is 13.1 Å². The van der Waals surface area contributed by atoms with E-state index < -0.39 is 0 Å². The molecular formula is C13H16BrNO2. The minimum absolute atomic E-state index is 0.0163. The summed E-state index contributed by atoms with van der Waals surface area (Å²) in [6, 6.07) is 5.70. The van der Waals surface area contributed by atoms with Crippen molar-refractivity contribution in [2.24, 2.45) is 0 Å². The van der Waals surface area contributed by atoms with E-state index >= 15 is 0 Å². The first-order valence-electron chi connectivity index (χ1n) is 5.81. The van der Waals surface area contributed by atoms with Crippen LogP contribution in [0.4, 0.5) is 0 Å². The van der Waals surface area contributed by atoms with E-state index in [9.17, 15) is 9.90 Å². The van der Waals surface area contributed by atoms with Crippen molar-refractivity contribution in [3.63, 3.8) is 0 Å². The summed E-state index contributed by atoms with van der Waals surface area (Å²) >= 11 is 3.38. The number of aliphatic hydroxyl groups is 1. The summed E-state index contributed by atoms with van der Waals surface area (Å²) in [7, 11) is 0. The zero-order valence-corrected chi connectivity index (χ0v) is 11.4. The molecule has 1 atom stereocenters. The van der Waals surface area contributed by atoms with Crippen LogP contribution in [0.1, 0.15) is 28.8 Å². The van der Waals surface area contributed by atoms with Gasteiger partial charge in [0.25, 0.3) is 5.91 Å². The predicted molar refractivity (Wildman–Crippen MR) is 70.0 cm³/mol. The van der Waals surface area contributed by atoms with Crippen molar-refractivity contribution in [2.45, 2.75) is 25.9 Å². The van der Waals surface area contributed by atoms with Crippen LogP contribution in [0.3, 0.4) is 0 Å². The Morgan fingerprint density at radius 1 is 1.53 bits per heavy atom. The molecule has 4 heteroatoms. The number of β-amino-alcohol motifs (C(OH)–C–C–N with tert-alkyl or cyclic N) is 1. The van der Waals surface area contributed by atoms with Crippen LogP contribution in [0.2, 0.25) is 0 Å². The number of likely N-dealkylation sites (tertiary alicyclic amines) is 1. The lowest BCUT2D eigenvalue weighted by molar-refractivity contribution is 0.0473. The first-order valence-corrected chi connectivity index (χ1v) is 6.60. The number of hydrogen-bond acceptors (Lipinski definition) is 2. The summed E-state index contributed by atoms with van der Waals surface area (Å²) in [5.74, 6) is 0.0163. The van der Waals surface area contributed by atoms with Gasteiger partial charge in [-0.1, -0.05) is 22.0 Å². The van der Waals surface area contributed by atoms with Gasteiger partial charge in [0.1, 0.15) is 0 Å². The highest BCUT2D eigenvalue weighted by atomic mass is 79.9. The van der Waals surface area contributed by atoms with Gasteiger partial charge in [-0.15, -0.1) is 0 Å². The summed E-state index contributed by atoms with van der Waals surface area (Å²) in [5.41, 5.74) is 1.69. The maximum Gasteiger partial charge on any atom is 0.254 e. The monoisotopic (exact) mass is 297 g/mol. The maximum absolute atomic E-state index is 12.3. The van der Waals surface area contributed by atoms with E-state index in [-0.39, 0.29) is 12.0 Å². The molecule has 0 saturated carbocycles. The summed E-state index contributed by atoms with van der Waals surface area (Å²) in [6.45, 7) is 3.12. The van der Waals surface area contributed by atoms with Gasteiger partial charge in [-0.25, -0.2) is 0 Å². The Labute approximate surface area is 110 Å². The Kier molecular flexibility index (Phi) is 3.84. The van der Waals surface area contributed by atoms with E-state index in [2.05, 4.69) is 15.9 Å². The molecule has 1 aromatic carbocycles. The number of piperidine rings is 1. The van der Waals surface area contributed by atoms with Crippen molar-refractivity contribution in [3.8, 4) is 0 Å². The third-order valence-electron chi connectivity index (χ3n) is 3.11. The molecule has 0 radical (unpaired) electrons. The van der Waals surface area contributed by atoms with Crippen molar-refractivity contribution in [1.29, 1.82) is 0 Å². The van der Waals surface area contributed by atoms with Gasteiger partial charge >= 0.3 is 0 Å². The fraction of sp³-hybridized carbons (Fsp3) is 0.462. The molecular weight excluding hydrogens is 282 g/mol. The number of halogens is 1. The Hall–Kier alpha value is -0.870. The molecule has 0 aromatic heterocycles. The quantitative estimate of drug-likeness (QED) is 0.864. The van der Waals surface area contributed by atoms with Crippen LogP contribution in [-0.2, 0) is 0 Å². The summed E-state index contributed by atoms with van der Waals surface area (Å²) < 4.78 is 0.906. The van der Waals surface area contributed by atoms with Crippen LogP contribution in [0.25, 0.3) is 0 Å². The molecule has 1 aromatic rings. The van der Waals surface area contributed by atoms with Crippen molar-refractivity contribution < 1.29 is 9.90 Å². The van der Waals surface area contributed by atoms with Gasteiger partial charge in [0.05, 0.1) is 6.10 Å². The molecule has 1 heterocycles. The van der Waals surface area contributed by atoms with Gasteiger partial charge in [-0.05, 0) is 37.5 Å². The van der Waals surface area contributed by atoms with E-state index in [4.69, 9.17) is 0 Å². The molecule has 1 aliphatic rings. The van der Waals surface area contributed by atoms with E-state index in [1.54, 1.807) is 4.90 Å². The first kappa shape index (κ1) is 12.6. The van der Waals surface area contributed by atoms with Gasteiger partial charge in [0, 0.05) is 23.1 Å². The number of aliphatic hydroxyl groups excluding tert-OH is 1. The molecule has 1 fully saturated rings. The largest absolute Gasteiger partial charge is 0.391 e. The molecule has 92 valence electrons. The molecule has 1 N–H and O–H groups in total. The first-order chi connectivity index (χ1) is 8.08. The number of rotatable bonds is 1. The fourth-order valence-electron chi connectivity index (χ4n) is 2.13.